The van der Waals surface area contributed by atoms with Gasteiger partial charge in [-0.2, -0.15) is 5.10 Å². The van der Waals surface area contributed by atoms with Crippen molar-refractivity contribution in [3.63, 3.8) is 0 Å². The summed E-state index contributed by atoms with van der Waals surface area (Å²) in [6.07, 6.45) is 3.44. The van der Waals surface area contributed by atoms with Crippen molar-refractivity contribution in [1.29, 1.82) is 0 Å². The lowest BCUT2D eigenvalue weighted by Crippen LogP contribution is -2.30. The van der Waals surface area contributed by atoms with Crippen LogP contribution in [0.4, 0.5) is 5.69 Å². The van der Waals surface area contributed by atoms with Gasteiger partial charge in [-0.05, 0) is 31.3 Å². The van der Waals surface area contributed by atoms with E-state index in [1.54, 1.807) is 69.5 Å². The Morgan fingerprint density at radius 2 is 1.87 bits per heavy atom. The Bertz CT molecular complexity index is 691. The fraction of sp³-hybridized carbons (Fsp3) is 0.312. The van der Waals surface area contributed by atoms with Crippen LogP contribution in [-0.4, -0.2) is 47.6 Å². The highest BCUT2D eigenvalue weighted by Crippen LogP contribution is 2.16. The summed E-state index contributed by atoms with van der Waals surface area (Å²) in [5.41, 5.74) is 1.99. The lowest BCUT2D eigenvalue weighted by atomic mass is 10.1. The smallest absolute Gasteiger partial charge is 0.253 e. The number of hydrogen-bond donors (Lipinski definition) is 2. The Morgan fingerprint density at radius 3 is 2.35 bits per heavy atom. The molecule has 1 unspecified atom stereocenters. The topological polar surface area (TPSA) is 79.3 Å². The number of nitrogens with zero attached hydrogens (tertiary/aromatic N) is 3. The third kappa shape index (κ3) is 3.95. The van der Waals surface area contributed by atoms with Crippen molar-refractivity contribution in [1.82, 2.24) is 20.0 Å². The fourth-order valence-electron chi connectivity index (χ4n) is 2.21. The van der Waals surface area contributed by atoms with E-state index in [2.05, 4.69) is 15.7 Å². The Morgan fingerprint density at radius 1 is 1.22 bits per heavy atom. The maximum absolute atomic E-state index is 12.4. The zero-order valence-corrected chi connectivity index (χ0v) is 13.7. The average Bonchev–Trinajstić information content (AvgIpc) is 2.94. The molecule has 0 aliphatic heterocycles. The minimum absolute atomic E-state index is 0.0775. The minimum atomic E-state index is -0.494. The summed E-state index contributed by atoms with van der Waals surface area (Å²) in [6.45, 7) is 0. The molecule has 7 nitrogen and oxygen atoms in total. The fourth-order valence-corrected chi connectivity index (χ4v) is 2.21. The van der Waals surface area contributed by atoms with Crippen molar-refractivity contribution in [2.24, 2.45) is 7.05 Å². The molecule has 1 heterocycles. The minimum Gasteiger partial charge on any atom is -0.345 e. The van der Waals surface area contributed by atoms with E-state index in [0.29, 0.717) is 11.3 Å². The Balaban J connectivity index is 2.08. The van der Waals surface area contributed by atoms with Gasteiger partial charge < -0.3 is 15.5 Å². The number of benzene rings is 1. The van der Waals surface area contributed by atoms with Crippen LogP contribution in [-0.2, 0) is 11.8 Å². The summed E-state index contributed by atoms with van der Waals surface area (Å²) in [7, 11) is 6.91. The zero-order chi connectivity index (χ0) is 17.0. The van der Waals surface area contributed by atoms with Crippen LogP contribution in [0.25, 0.3) is 0 Å². The van der Waals surface area contributed by atoms with E-state index in [4.69, 9.17) is 0 Å². The van der Waals surface area contributed by atoms with Crippen LogP contribution < -0.4 is 10.6 Å². The molecule has 0 saturated carbocycles. The van der Waals surface area contributed by atoms with Gasteiger partial charge in [0.25, 0.3) is 5.91 Å². The standard InChI is InChI=1S/C16H21N5O2/c1-17-14(12-9-18-21(4)10-12)15(22)19-13-7-5-11(6-8-13)16(23)20(2)3/h5-10,14,17H,1-4H3,(H,19,22). The summed E-state index contributed by atoms with van der Waals surface area (Å²) in [4.78, 5) is 25.7. The predicted octanol–water partition coefficient (Wildman–Crippen LogP) is 1.02. The van der Waals surface area contributed by atoms with Crippen molar-refractivity contribution in [3.8, 4) is 0 Å². The number of amides is 2. The number of aryl methyl sites for hydroxylation is 1. The predicted molar refractivity (Wildman–Crippen MR) is 88.1 cm³/mol. The quantitative estimate of drug-likeness (QED) is 0.863. The van der Waals surface area contributed by atoms with Gasteiger partial charge in [-0.25, -0.2) is 0 Å². The third-order valence-electron chi connectivity index (χ3n) is 3.41. The average molecular weight is 315 g/mol. The van der Waals surface area contributed by atoms with Crippen LogP contribution in [0.5, 0.6) is 0 Å². The second-order valence-corrected chi connectivity index (χ2v) is 5.44. The highest BCUT2D eigenvalue weighted by molar-refractivity contribution is 5.97. The van der Waals surface area contributed by atoms with E-state index in [1.165, 1.54) is 4.90 Å². The molecule has 0 aliphatic carbocycles. The van der Waals surface area contributed by atoms with E-state index in [0.717, 1.165) is 5.56 Å². The van der Waals surface area contributed by atoms with Gasteiger partial charge in [-0.15, -0.1) is 0 Å². The lowest BCUT2D eigenvalue weighted by Gasteiger charge is -2.15. The van der Waals surface area contributed by atoms with Crippen LogP contribution in [0.2, 0.25) is 0 Å². The first-order valence-electron chi connectivity index (χ1n) is 7.20. The number of nitrogens with one attached hydrogen (secondary N) is 2. The number of likely N-dealkylation sites (N-methyl/N-ethyl adjacent to an activating group) is 1. The van der Waals surface area contributed by atoms with E-state index in [9.17, 15) is 9.59 Å². The highest BCUT2D eigenvalue weighted by Gasteiger charge is 2.20. The molecule has 2 rings (SSSR count). The van der Waals surface area contributed by atoms with Gasteiger partial charge >= 0.3 is 0 Å². The van der Waals surface area contributed by atoms with Crippen LogP contribution in [0.3, 0.4) is 0 Å². The van der Waals surface area contributed by atoms with E-state index < -0.39 is 6.04 Å². The van der Waals surface area contributed by atoms with E-state index >= 15 is 0 Å². The summed E-state index contributed by atoms with van der Waals surface area (Å²) in [6, 6.07) is 6.31. The third-order valence-corrected chi connectivity index (χ3v) is 3.41. The second kappa shape index (κ2) is 7.06. The van der Waals surface area contributed by atoms with Gasteiger partial charge in [-0.3, -0.25) is 14.3 Å². The van der Waals surface area contributed by atoms with Crippen molar-refractivity contribution in [2.45, 2.75) is 6.04 Å². The van der Waals surface area contributed by atoms with Crippen molar-refractivity contribution >= 4 is 17.5 Å². The molecule has 2 amide bonds. The molecule has 2 aromatic rings. The molecule has 2 N–H and O–H groups in total. The summed E-state index contributed by atoms with van der Waals surface area (Å²) >= 11 is 0. The monoisotopic (exact) mass is 315 g/mol. The summed E-state index contributed by atoms with van der Waals surface area (Å²) in [5.74, 6) is -0.265. The number of hydrogen-bond acceptors (Lipinski definition) is 4. The Hall–Kier alpha value is -2.67. The lowest BCUT2D eigenvalue weighted by molar-refractivity contribution is -0.118. The van der Waals surface area contributed by atoms with Gasteiger partial charge in [0, 0.05) is 44.2 Å². The van der Waals surface area contributed by atoms with Gasteiger partial charge in [-0.1, -0.05) is 0 Å². The normalized spacial score (nSPS) is 11.8. The molecule has 1 aromatic heterocycles. The van der Waals surface area contributed by atoms with Crippen molar-refractivity contribution in [2.75, 3.05) is 26.5 Å². The second-order valence-electron chi connectivity index (χ2n) is 5.44. The molecule has 1 aromatic carbocycles. The highest BCUT2D eigenvalue weighted by atomic mass is 16.2. The maximum Gasteiger partial charge on any atom is 0.253 e. The molecule has 0 radical (unpaired) electrons. The van der Waals surface area contributed by atoms with Gasteiger partial charge in [0.05, 0.1) is 6.20 Å². The Labute approximate surface area is 135 Å². The molecule has 0 fully saturated rings. The first kappa shape index (κ1) is 16.7. The number of rotatable bonds is 5. The van der Waals surface area contributed by atoms with Crippen molar-refractivity contribution in [3.05, 3.63) is 47.8 Å². The van der Waals surface area contributed by atoms with Crippen LogP contribution in [0.1, 0.15) is 22.0 Å². The molecule has 23 heavy (non-hydrogen) atoms. The largest absolute Gasteiger partial charge is 0.345 e. The van der Waals surface area contributed by atoms with Gasteiger partial charge in [0.15, 0.2) is 0 Å². The van der Waals surface area contributed by atoms with Crippen LogP contribution in [0, 0.1) is 0 Å². The van der Waals surface area contributed by atoms with E-state index in [1.807, 2.05) is 0 Å². The number of carbonyl (C=O) groups is 2. The summed E-state index contributed by atoms with van der Waals surface area (Å²) < 4.78 is 1.65. The molecule has 1 atom stereocenters. The van der Waals surface area contributed by atoms with Gasteiger partial charge in [0.1, 0.15) is 6.04 Å². The molecule has 0 saturated heterocycles. The SMILES string of the molecule is CNC(C(=O)Nc1ccc(C(=O)N(C)C)cc1)c1cnn(C)c1. The number of carbonyl (C=O) groups excluding carboxylic acids is 2. The molecule has 0 bridgehead atoms. The zero-order valence-electron chi connectivity index (χ0n) is 13.7. The maximum atomic E-state index is 12.4. The number of aromatic nitrogens is 2. The number of anilines is 1. The van der Waals surface area contributed by atoms with E-state index in [-0.39, 0.29) is 11.8 Å². The first-order valence-corrected chi connectivity index (χ1v) is 7.20. The molecule has 0 spiro atoms. The molecule has 122 valence electrons. The van der Waals surface area contributed by atoms with Crippen molar-refractivity contribution < 1.29 is 9.59 Å². The van der Waals surface area contributed by atoms with Crippen LogP contribution >= 0.6 is 0 Å². The van der Waals surface area contributed by atoms with Gasteiger partial charge in [0.2, 0.25) is 5.91 Å². The first-order chi connectivity index (χ1) is 10.9. The molecule has 7 heteroatoms. The Kier molecular flexibility index (Phi) is 5.13. The summed E-state index contributed by atoms with van der Waals surface area (Å²) in [5, 5.41) is 9.88. The molecular weight excluding hydrogens is 294 g/mol. The molecular formula is C16H21N5O2. The molecule has 0 aliphatic rings. The van der Waals surface area contributed by atoms with Crippen LogP contribution in [0.15, 0.2) is 36.7 Å².